The Morgan fingerprint density at radius 3 is 2.59 bits per heavy atom. The van der Waals surface area contributed by atoms with Crippen LogP contribution in [-0.4, -0.2) is 58.9 Å². The molecule has 4 heterocycles. The van der Waals surface area contributed by atoms with Gasteiger partial charge in [-0.25, -0.2) is 13.5 Å². The summed E-state index contributed by atoms with van der Waals surface area (Å²) in [6.45, 7) is 8.13. The minimum atomic E-state index is -2.45. The van der Waals surface area contributed by atoms with Gasteiger partial charge in [0.2, 0.25) is 0 Å². The fraction of sp³-hybridized carbons (Fsp3) is 0.810. The molecule has 1 aromatic heterocycles. The number of halogens is 2. The second-order valence-corrected chi connectivity index (χ2v) is 9.66. The maximum Gasteiger partial charge on any atom is 0.260 e. The van der Waals surface area contributed by atoms with Gasteiger partial charge in [0.15, 0.2) is 0 Å². The van der Waals surface area contributed by atoms with Crippen LogP contribution < -0.4 is 5.32 Å². The van der Waals surface area contributed by atoms with E-state index in [4.69, 9.17) is 4.74 Å². The van der Waals surface area contributed by atoms with Crippen LogP contribution in [0, 0.1) is 5.92 Å². The number of ether oxygens (including phenoxy) is 1. The second-order valence-electron chi connectivity index (χ2n) is 9.66. The highest BCUT2D eigenvalue weighted by molar-refractivity contribution is 5.81. The lowest BCUT2D eigenvalue weighted by Gasteiger charge is -2.40. The number of nitrogens with one attached hydrogen (secondary N) is 1. The summed E-state index contributed by atoms with van der Waals surface area (Å²) in [5.74, 6) is 1.05. The summed E-state index contributed by atoms with van der Waals surface area (Å²) in [5, 5.41) is 7.97. The van der Waals surface area contributed by atoms with E-state index in [0.717, 1.165) is 31.4 Å². The molecule has 3 aliphatic heterocycles. The van der Waals surface area contributed by atoms with Crippen LogP contribution in [0.3, 0.4) is 0 Å². The second kappa shape index (κ2) is 7.85. The third-order valence-corrected chi connectivity index (χ3v) is 6.56. The van der Waals surface area contributed by atoms with Crippen molar-refractivity contribution in [1.82, 2.24) is 14.7 Å². The van der Waals surface area contributed by atoms with Gasteiger partial charge >= 0.3 is 0 Å². The highest BCUT2D eigenvalue weighted by atomic mass is 19.3. The largest absolute Gasteiger partial charge is 0.368 e. The van der Waals surface area contributed by atoms with E-state index in [1.54, 1.807) is 0 Å². The molecule has 162 valence electrons. The van der Waals surface area contributed by atoms with Crippen LogP contribution in [-0.2, 0) is 14.9 Å². The van der Waals surface area contributed by atoms with Crippen LogP contribution in [0.15, 0.2) is 6.07 Å². The fourth-order valence-corrected chi connectivity index (χ4v) is 4.75. The molecule has 0 aromatic carbocycles. The molecule has 0 bridgehead atoms. The van der Waals surface area contributed by atoms with Crippen LogP contribution in [0.2, 0.25) is 0 Å². The predicted molar refractivity (Wildman–Crippen MR) is 106 cm³/mol. The Morgan fingerprint density at radius 2 is 2.00 bits per heavy atom. The van der Waals surface area contributed by atoms with Crippen molar-refractivity contribution in [3.05, 3.63) is 11.8 Å². The first-order chi connectivity index (χ1) is 13.7. The zero-order valence-corrected chi connectivity index (χ0v) is 17.5. The van der Waals surface area contributed by atoms with Crippen LogP contribution in [0.25, 0.3) is 0 Å². The van der Waals surface area contributed by atoms with E-state index in [1.165, 1.54) is 4.68 Å². The van der Waals surface area contributed by atoms with Gasteiger partial charge in [0.05, 0.1) is 5.69 Å². The van der Waals surface area contributed by atoms with Gasteiger partial charge in [0.25, 0.3) is 12.3 Å². The van der Waals surface area contributed by atoms with Gasteiger partial charge in [-0.2, -0.15) is 5.10 Å². The standard InChI is InChI=1S/C21H32F2N4O2/c1-21(2,3)17-12-18-24-14(11-15(19(22)23)27(18)25-17)13-6-8-26(9-7-13)20(28)16-5-4-10-29-16/h12-16,19,24H,4-11H2,1-3H3/t14-,15+,16?/m0/s1. The highest BCUT2D eigenvalue weighted by Gasteiger charge is 2.40. The Labute approximate surface area is 171 Å². The number of piperidine rings is 1. The Bertz CT molecular complexity index is 732. The van der Waals surface area contributed by atoms with Crippen LogP contribution in [0.4, 0.5) is 14.6 Å². The Morgan fingerprint density at radius 1 is 1.28 bits per heavy atom. The monoisotopic (exact) mass is 410 g/mol. The number of alkyl halides is 2. The van der Waals surface area contributed by atoms with Crippen molar-refractivity contribution in [2.75, 3.05) is 25.0 Å². The van der Waals surface area contributed by atoms with Crippen LogP contribution in [0.1, 0.15) is 64.6 Å². The van der Waals surface area contributed by atoms with E-state index in [2.05, 4.69) is 10.4 Å². The smallest absolute Gasteiger partial charge is 0.260 e. The molecule has 8 heteroatoms. The lowest BCUT2D eigenvalue weighted by atomic mass is 9.84. The third-order valence-electron chi connectivity index (χ3n) is 6.56. The van der Waals surface area contributed by atoms with E-state index < -0.39 is 12.5 Å². The number of amides is 1. The molecule has 1 amide bonds. The molecule has 2 saturated heterocycles. The number of aromatic nitrogens is 2. The zero-order chi connectivity index (χ0) is 20.8. The number of nitrogens with zero attached hydrogens (tertiary/aromatic N) is 3. The number of rotatable bonds is 3. The summed E-state index contributed by atoms with van der Waals surface area (Å²) >= 11 is 0. The molecule has 0 aliphatic carbocycles. The van der Waals surface area contributed by atoms with Gasteiger partial charge in [-0.3, -0.25) is 4.79 Å². The van der Waals surface area contributed by atoms with Crippen molar-refractivity contribution >= 4 is 11.7 Å². The number of fused-ring (bicyclic) bond motifs is 1. The molecule has 4 rings (SSSR count). The molecule has 3 atom stereocenters. The van der Waals surface area contributed by atoms with E-state index >= 15 is 0 Å². The minimum Gasteiger partial charge on any atom is -0.368 e. The Balaban J connectivity index is 1.43. The Hall–Kier alpha value is -1.70. The first-order valence-corrected chi connectivity index (χ1v) is 10.8. The summed E-state index contributed by atoms with van der Waals surface area (Å²) in [6.07, 6.45) is 1.02. The number of carbonyl (C=O) groups excluding carboxylic acids is 1. The minimum absolute atomic E-state index is 0.0222. The molecule has 2 fully saturated rings. The van der Waals surface area contributed by atoms with Crippen molar-refractivity contribution in [3.63, 3.8) is 0 Å². The quantitative estimate of drug-likeness (QED) is 0.827. The van der Waals surface area contributed by atoms with Gasteiger partial charge in [0, 0.05) is 37.2 Å². The average Bonchev–Trinajstić information content (AvgIpc) is 3.36. The van der Waals surface area contributed by atoms with E-state index in [0.29, 0.717) is 31.9 Å². The van der Waals surface area contributed by atoms with Crippen molar-refractivity contribution in [2.45, 2.75) is 82.9 Å². The molecular formula is C21H32F2N4O2. The van der Waals surface area contributed by atoms with E-state index in [1.807, 2.05) is 31.7 Å². The first kappa shape index (κ1) is 20.6. The number of carbonyl (C=O) groups is 1. The van der Waals surface area contributed by atoms with E-state index in [9.17, 15) is 13.6 Å². The molecule has 0 radical (unpaired) electrons. The van der Waals surface area contributed by atoms with Crippen molar-refractivity contribution in [3.8, 4) is 0 Å². The summed E-state index contributed by atoms with van der Waals surface area (Å²) in [4.78, 5) is 14.5. The molecule has 1 aromatic rings. The topological polar surface area (TPSA) is 59.4 Å². The van der Waals surface area contributed by atoms with Gasteiger partial charge in [0.1, 0.15) is 18.0 Å². The molecule has 3 aliphatic rings. The normalized spacial score (nSPS) is 28.5. The maximum absolute atomic E-state index is 13.8. The molecule has 1 N–H and O–H groups in total. The first-order valence-electron chi connectivity index (χ1n) is 10.8. The zero-order valence-electron chi connectivity index (χ0n) is 17.5. The van der Waals surface area contributed by atoms with Gasteiger partial charge in [-0.05, 0) is 38.0 Å². The summed E-state index contributed by atoms with van der Waals surface area (Å²) < 4.78 is 34.7. The SMILES string of the molecule is CC(C)(C)c1cc2n(n1)[C@@H](C(F)F)C[C@@H](C1CCN(C(=O)C3CCCO3)CC1)N2. The molecule has 1 unspecified atom stereocenters. The molecular weight excluding hydrogens is 378 g/mol. The number of hydrogen-bond donors (Lipinski definition) is 1. The van der Waals surface area contributed by atoms with Crippen molar-refractivity contribution < 1.29 is 18.3 Å². The molecule has 0 saturated carbocycles. The number of hydrogen-bond acceptors (Lipinski definition) is 4. The van der Waals surface area contributed by atoms with Gasteiger partial charge in [-0.15, -0.1) is 0 Å². The maximum atomic E-state index is 13.8. The molecule has 0 spiro atoms. The molecule has 29 heavy (non-hydrogen) atoms. The Kier molecular flexibility index (Phi) is 5.57. The number of likely N-dealkylation sites (tertiary alicyclic amines) is 1. The lowest BCUT2D eigenvalue weighted by Crippen LogP contribution is -2.48. The lowest BCUT2D eigenvalue weighted by molar-refractivity contribution is -0.142. The average molecular weight is 411 g/mol. The van der Waals surface area contributed by atoms with Crippen LogP contribution in [0.5, 0.6) is 0 Å². The molecule has 6 nitrogen and oxygen atoms in total. The number of anilines is 1. The van der Waals surface area contributed by atoms with Crippen molar-refractivity contribution in [2.24, 2.45) is 5.92 Å². The summed E-state index contributed by atoms with van der Waals surface area (Å²) in [7, 11) is 0. The fourth-order valence-electron chi connectivity index (χ4n) is 4.75. The third kappa shape index (κ3) is 4.13. The van der Waals surface area contributed by atoms with Gasteiger partial charge in [-0.1, -0.05) is 20.8 Å². The van der Waals surface area contributed by atoms with Crippen molar-refractivity contribution in [1.29, 1.82) is 0 Å². The summed E-state index contributed by atoms with van der Waals surface area (Å²) in [6, 6.07) is 0.988. The van der Waals surface area contributed by atoms with E-state index in [-0.39, 0.29) is 29.4 Å². The van der Waals surface area contributed by atoms with Gasteiger partial charge < -0.3 is 15.0 Å². The summed E-state index contributed by atoms with van der Waals surface area (Å²) in [5.41, 5.74) is 0.630. The highest BCUT2D eigenvalue weighted by Crippen LogP contribution is 2.38. The van der Waals surface area contributed by atoms with Crippen LogP contribution >= 0.6 is 0 Å². The predicted octanol–water partition coefficient (Wildman–Crippen LogP) is 3.59.